The highest BCUT2D eigenvalue weighted by atomic mass is 16.5. The normalized spacial score (nSPS) is 26.5. The molecule has 2 aliphatic heterocycles. The second kappa shape index (κ2) is 7.74. The Morgan fingerprint density at radius 1 is 1.43 bits per heavy atom. The Kier molecular flexibility index (Phi) is 5.97. The number of rotatable bonds is 6. The first-order chi connectivity index (χ1) is 10.2. The minimum atomic E-state index is -0.444. The van der Waals surface area contributed by atoms with Gasteiger partial charge in [-0.3, -0.25) is 9.69 Å². The molecule has 0 bridgehead atoms. The Labute approximate surface area is 127 Å². The van der Waals surface area contributed by atoms with Crippen molar-refractivity contribution in [2.24, 2.45) is 0 Å². The number of carbonyl (C=O) groups is 1. The molecule has 2 saturated heterocycles. The van der Waals surface area contributed by atoms with E-state index in [9.17, 15) is 4.79 Å². The van der Waals surface area contributed by atoms with Crippen LogP contribution in [0, 0.1) is 11.3 Å². The second-order valence-electron chi connectivity index (χ2n) is 6.02. The van der Waals surface area contributed by atoms with Crippen LogP contribution in [0.15, 0.2) is 0 Å². The number of amides is 1. The Balaban J connectivity index is 1.90. The SMILES string of the molecule is CC1(C(=O)N(CCC#N)CCN2CCOCC2)CCCN1. The van der Waals surface area contributed by atoms with Gasteiger partial charge >= 0.3 is 0 Å². The van der Waals surface area contributed by atoms with Crippen molar-refractivity contribution in [3.8, 4) is 6.07 Å². The van der Waals surface area contributed by atoms with Gasteiger partial charge in [0.05, 0.1) is 31.2 Å². The summed E-state index contributed by atoms with van der Waals surface area (Å²) in [7, 11) is 0. The predicted molar refractivity (Wildman–Crippen MR) is 79.7 cm³/mol. The largest absolute Gasteiger partial charge is 0.379 e. The summed E-state index contributed by atoms with van der Waals surface area (Å²) < 4.78 is 5.34. The van der Waals surface area contributed by atoms with E-state index < -0.39 is 5.54 Å². The summed E-state index contributed by atoms with van der Waals surface area (Å²) >= 11 is 0. The van der Waals surface area contributed by atoms with Gasteiger partial charge in [0.15, 0.2) is 0 Å². The summed E-state index contributed by atoms with van der Waals surface area (Å²) in [4.78, 5) is 16.9. The lowest BCUT2D eigenvalue weighted by Gasteiger charge is -2.34. The Hall–Kier alpha value is -1.16. The summed E-state index contributed by atoms with van der Waals surface area (Å²) in [5.74, 6) is 0.142. The van der Waals surface area contributed by atoms with E-state index >= 15 is 0 Å². The van der Waals surface area contributed by atoms with E-state index in [0.717, 1.165) is 52.2 Å². The second-order valence-corrected chi connectivity index (χ2v) is 6.02. The lowest BCUT2D eigenvalue weighted by Crippen LogP contribution is -2.54. The van der Waals surface area contributed by atoms with Gasteiger partial charge in [0.1, 0.15) is 0 Å². The van der Waals surface area contributed by atoms with E-state index in [1.807, 2.05) is 11.8 Å². The van der Waals surface area contributed by atoms with Gasteiger partial charge in [-0.25, -0.2) is 0 Å². The maximum atomic E-state index is 12.8. The fourth-order valence-electron chi connectivity index (χ4n) is 3.01. The molecule has 0 aromatic carbocycles. The number of nitrogens with zero attached hydrogens (tertiary/aromatic N) is 3. The topological polar surface area (TPSA) is 68.6 Å². The van der Waals surface area contributed by atoms with Crippen LogP contribution >= 0.6 is 0 Å². The highest BCUT2D eigenvalue weighted by molar-refractivity contribution is 5.86. The van der Waals surface area contributed by atoms with Gasteiger partial charge in [-0.05, 0) is 26.3 Å². The Morgan fingerprint density at radius 3 is 2.81 bits per heavy atom. The van der Waals surface area contributed by atoms with E-state index in [-0.39, 0.29) is 5.91 Å². The van der Waals surface area contributed by atoms with Gasteiger partial charge in [-0.2, -0.15) is 5.26 Å². The predicted octanol–water partition coefficient (Wildman–Crippen LogP) is 0.203. The molecule has 0 saturated carbocycles. The number of nitrogens with one attached hydrogen (secondary N) is 1. The van der Waals surface area contributed by atoms with Crippen LogP contribution in [0.5, 0.6) is 0 Å². The van der Waals surface area contributed by atoms with Gasteiger partial charge in [-0.1, -0.05) is 0 Å². The van der Waals surface area contributed by atoms with Crippen LogP contribution in [0.2, 0.25) is 0 Å². The Bertz CT molecular complexity index is 382. The molecule has 2 fully saturated rings. The molecule has 21 heavy (non-hydrogen) atoms. The zero-order valence-electron chi connectivity index (χ0n) is 12.9. The highest BCUT2D eigenvalue weighted by Crippen LogP contribution is 2.21. The van der Waals surface area contributed by atoms with Crippen LogP contribution < -0.4 is 5.32 Å². The molecule has 0 spiro atoms. The molecule has 2 rings (SSSR count). The van der Waals surface area contributed by atoms with Crippen molar-refractivity contribution in [2.45, 2.75) is 31.7 Å². The molecule has 6 heteroatoms. The van der Waals surface area contributed by atoms with Crippen molar-refractivity contribution in [2.75, 3.05) is 52.5 Å². The maximum Gasteiger partial charge on any atom is 0.242 e. The van der Waals surface area contributed by atoms with Crippen LogP contribution in [0.1, 0.15) is 26.2 Å². The average Bonchev–Trinajstić information content (AvgIpc) is 2.96. The molecule has 1 unspecified atom stereocenters. The number of nitriles is 1. The van der Waals surface area contributed by atoms with E-state index in [4.69, 9.17) is 10.00 Å². The molecule has 2 aliphatic rings. The summed E-state index contributed by atoms with van der Waals surface area (Å²) in [5, 5.41) is 12.1. The molecule has 6 nitrogen and oxygen atoms in total. The zero-order chi connectivity index (χ0) is 15.1. The van der Waals surface area contributed by atoms with Crippen LogP contribution in [0.3, 0.4) is 0 Å². The standard InChI is InChI=1S/C15H26N4O2/c1-15(4-2-6-17-15)14(20)19(7-3-5-16)9-8-18-10-12-21-13-11-18/h17H,2-4,6-13H2,1H3. The number of hydrogen-bond donors (Lipinski definition) is 1. The zero-order valence-corrected chi connectivity index (χ0v) is 12.9. The first-order valence-corrected chi connectivity index (χ1v) is 7.87. The molecule has 118 valence electrons. The number of hydrogen-bond acceptors (Lipinski definition) is 5. The molecule has 1 amide bonds. The molecule has 1 atom stereocenters. The maximum absolute atomic E-state index is 12.8. The number of carbonyl (C=O) groups excluding carboxylic acids is 1. The third-order valence-corrected chi connectivity index (χ3v) is 4.41. The molecule has 0 aromatic heterocycles. The van der Waals surface area contributed by atoms with Crippen LogP contribution in [0.25, 0.3) is 0 Å². The van der Waals surface area contributed by atoms with Gasteiger partial charge in [-0.15, -0.1) is 0 Å². The summed E-state index contributed by atoms with van der Waals surface area (Å²) in [6.07, 6.45) is 2.31. The molecule has 0 aliphatic carbocycles. The highest BCUT2D eigenvalue weighted by Gasteiger charge is 2.38. The van der Waals surface area contributed by atoms with Crippen molar-refractivity contribution in [1.82, 2.24) is 15.1 Å². The van der Waals surface area contributed by atoms with Crippen LogP contribution in [0.4, 0.5) is 0 Å². The minimum absolute atomic E-state index is 0.142. The molecular formula is C15H26N4O2. The van der Waals surface area contributed by atoms with E-state index in [1.165, 1.54) is 0 Å². The average molecular weight is 294 g/mol. The van der Waals surface area contributed by atoms with E-state index in [1.54, 1.807) is 0 Å². The third-order valence-electron chi connectivity index (χ3n) is 4.41. The van der Waals surface area contributed by atoms with Crippen molar-refractivity contribution >= 4 is 5.91 Å². The molecule has 0 radical (unpaired) electrons. The fraction of sp³-hybridized carbons (Fsp3) is 0.867. The summed E-state index contributed by atoms with van der Waals surface area (Å²) in [5.41, 5.74) is -0.444. The van der Waals surface area contributed by atoms with Crippen molar-refractivity contribution in [3.63, 3.8) is 0 Å². The van der Waals surface area contributed by atoms with E-state index in [0.29, 0.717) is 19.5 Å². The lowest BCUT2D eigenvalue weighted by atomic mass is 9.98. The van der Waals surface area contributed by atoms with Gasteiger partial charge in [0, 0.05) is 32.7 Å². The van der Waals surface area contributed by atoms with E-state index in [2.05, 4.69) is 16.3 Å². The first-order valence-electron chi connectivity index (χ1n) is 7.87. The van der Waals surface area contributed by atoms with Crippen molar-refractivity contribution < 1.29 is 9.53 Å². The van der Waals surface area contributed by atoms with Crippen LogP contribution in [-0.2, 0) is 9.53 Å². The molecule has 0 aromatic rings. The fourth-order valence-corrected chi connectivity index (χ4v) is 3.01. The van der Waals surface area contributed by atoms with Crippen molar-refractivity contribution in [3.05, 3.63) is 0 Å². The lowest BCUT2D eigenvalue weighted by molar-refractivity contribution is -0.137. The molecule has 2 heterocycles. The van der Waals surface area contributed by atoms with Gasteiger partial charge < -0.3 is 15.0 Å². The van der Waals surface area contributed by atoms with Gasteiger partial charge in [0.25, 0.3) is 0 Å². The monoisotopic (exact) mass is 294 g/mol. The molecule has 1 N–H and O–H groups in total. The Morgan fingerprint density at radius 2 is 2.19 bits per heavy atom. The third kappa shape index (κ3) is 4.40. The molecular weight excluding hydrogens is 268 g/mol. The van der Waals surface area contributed by atoms with Gasteiger partial charge in [0.2, 0.25) is 5.91 Å². The number of ether oxygens (including phenoxy) is 1. The summed E-state index contributed by atoms with van der Waals surface area (Å²) in [6, 6.07) is 2.15. The smallest absolute Gasteiger partial charge is 0.242 e. The van der Waals surface area contributed by atoms with Crippen molar-refractivity contribution in [1.29, 1.82) is 5.26 Å². The first kappa shape index (κ1) is 16.2. The number of morpholine rings is 1. The minimum Gasteiger partial charge on any atom is -0.379 e. The quantitative estimate of drug-likeness (QED) is 0.758. The summed E-state index contributed by atoms with van der Waals surface area (Å²) in [6.45, 7) is 8.35. The van der Waals surface area contributed by atoms with Crippen LogP contribution in [-0.4, -0.2) is 73.7 Å².